The lowest BCUT2D eigenvalue weighted by Gasteiger charge is -2.28. The van der Waals surface area contributed by atoms with Crippen molar-refractivity contribution in [3.8, 4) is 89.0 Å². The third-order valence-corrected chi connectivity index (χ3v) is 21.3. The van der Waals surface area contributed by atoms with Gasteiger partial charge < -0.3 is 20.0 Å². The largest absolute Gasteiger partial charge is 0.355 e. The summed E-state index contributed by atoms with van der Waals surface area (Å²) < 4.78 is 103. The van der Waals surface area contributed by atoms with Crippen LogP contribution in [0.15, 0.2) is 523 Å². The Morgan fingerprint density at radius 2 is 0.405 bits per heavy atom. The fraction of sp³-hybridized carbons (Fsp3) is 0. The van der Waals surface area contributed by atoms with Crippen molar-refractivity contribution in [1.29, 1.82) is 0 Å². The van der Waals surface area contributed by atoms with E-state index in [4.69, 9.17) is 11.0 Å². The van der Waals surface area contributed by atoms with Gasteiger partial charge in [0.1, 0.15) is 0 Å². The first kappa shape index (κ1) is 66.8. The van der Waals surface area contributed by atoms with Gasteiger partial charge in [0.25, 0.3) is 0 Å². The highest BCUT2D eigenvalue weighted by atomic mass is 79.9. The summed E-state index contributed by atoms with van der Waals surface area (Å²) in [6, 6.07) is 144. The lowest BCUT2D eigenvalue weighted by Crippen LogP contribution is -2.11. The fourth-order valence-corrected chi connectivity index (χ4v) is 14.7. The van der Waals surface area contributed by atoms with Crippen molar-refractivity contribution in [1.82, 2.24) is 0 Å². The molecule has 0 heterocycles. The Morgan fingerprint density at radius 1 is 0.165 bits per heavy atom. The van der Waals surface area contributed by atoms with Crippen molar-refractivity contribution in [2.45, 2.75) is 0 Å². The van der Waals surface area contributed by atoms with Gasteiger partial charge in [-0.25, -0.2) is 0 Å². The van der Waals surface area contributed by atoms with Crippen molar-refractivity contribution >= 4 is 110 Å². The van der Waals surface area contributed by atoms with Crippen LogP contribution in [0.3, 0.4) is 0 Å². The number of nitrogens with zero attached hydrogens (tertiary/aromatic N) is 3. The predicted octanol–water partition coefficient (Wildman–Crippen LogP) is 34.5. The average Bonchev–Trinajstić information content (AvgIpc) is 0.742. The first-order chi connectivity index (χ1) is 64.8. The number of benzene rings is 19. The first-order valence-corrected chi connectivity index (χ1v) is 41.8. The van der Waals surface area contributed by atoms with Gasteiger partial charge in [0.05, 0.1) is 22.1 Å². The molecule has 0 aromatic heterocycles. The van der Waals surface area contributed by atoms with E-state index in [1.54, 1.807) is 0 Å². The van der Waals surface area contributed by atoms with E-state index in [1.165, 1.54) is 11.1 Å². The second kappa shape index (κ2) is 40.3. The zero-order valence-electron chi connectivity index (χ0n) is 77.5. The predicted molar refractivity (Wildman–Crippen MR) is 526 cm³/mol. The molecule has 19 aromatic carbocycles. The third-order valence-electron chi connectivity index (χ3n) is 20.0. The van der Waals surface area contributed by atoms with E-state index in [0.717, 1.165) is 106 Å². The van der Waals surface area contributed by atoms with Gasteiger partial charge in [-0.1, -0.05) is 399 Å². The molecule has 582 valence electrons. The van der Waals surface area contributed by atoms with Crippen LogP contribution >= 0.6 is 47.8 Å². The lowest BCUT2D eigenvalue weighted by molar-refractivity contribution is 1.28. The molecule has 0 fully saturated rings. The number of hydrogen-bond acceptors (Lipinski definition) is 4. The van der Waals surface area contributed by atoms with Crippen LogP contribution in [-0.2, 0) is 0 Å². The van der Waals surface area contributed by atoms with Crippen molar-refractivity contribution in [3.63, 3.8) is 0 Å². The molecule has 0 unspecified atom stereocenters. The smallest absolute Gasteiger partial charge is 0.0645 e. The zero-order chi connectivity index (χ0) is 92.6. The van der Waals surface area contributed by atoms with Crippen LogP contribution < -0.4 is 20.0 Å². The summed E-state index contributed by atoms with van der Waals surface area (Å²) in [6.45, 7) is 0. The number of rotatable bonds is 19. The van der Waals surface area contributed by atoms with E-state index in [1.807, 2.05) is 284 Å². The molecule has 0 aliphatic carbocycles. The molecule has 19 rings (SSSR count). The highest BCUT2D eigenvalue weighted by Crippen LogP contribution is 2.44. The van der Waals surface area contributed by atoms with Crippen LogP contribution in [0.4, 0.5) is 62.6 Å². The second-order valence-corrected chi connectivity index (χ2v) is 30.4. The summed E-state index contributed by atoms with van der Waals surface area (Å²) in [5.41, 5.74) is 23.6. The van der Waals surface area contributed by atoms with Crippen LogP contribution in [0.5, 0.6) is 0 Å². The Morgan fingerprint density at radius 3 is 0.752 bits per heavy atom. The van der Waals surface area contributed by atoms with Gasteiger partial charge >= 0.3 is 0 Å². The maximum atomic E-state index is 9.35. The van der Waals surface area contributed by atoms with Gasteiger partial charge in [0.2, 0.25) is 0 Å². The van der Waals surface area contributed by atoms with Crippen LogP contribution in [0.25, 0.3) is 89.0 Å². The molecule has 0 saturated heterocycles. The SMILES string of the molecule is [2H]c1c([2H])c(-c2ccc(-c3ccc(Br)cc3)cc2)c([2H])c([2H])c1Br.[2H]c1c([2H])c(-c2ccc(-c3ccc(N(c4ccccc4)c4ccccc4)cc3)cc2)c([2H])c([2H])c1Br.[2H]c1c([2H])c(N(c2ccccc2)c2ccccc2-c2ccccc2)c([2H])c([2H])c1-c1ccc(-c2ccc(N(c3ccccc3)c3ccccc3)cc2)cc1.c1ccc(Nc2ccccc2-c2ccccc2)cc1. The van der Waals surface area contributed by atoms with E-state index >= 15 is 0 Å². The standard InChI is InChI=1S/C48H36N2.C30H22BrN.C18H12Br2.C18H15N/c1-5-15-41(16-6-1)47-23-13-14-24-48(47)50(44-21-11-4-12-22-44)46-35-31-40(32-36-46)38-27-25-37(26-28-38)39-29-33-45(34-30-39)49(42-17-7-2-8-18-42)43-19-9-3-10-20-43;31-27-19-15-25(16-20-27)23-11-13-24(14-12-23)26-17-21-30(22-18-26)32(28-7-3-1-4-8-28)29-9-5-2-6-10-29;19-17-9-5-15(6-10-17)13-1-2-14(4-3-13)16-7-11-18(20)12-8-16;1-3-9-15(10-4-1)17-13-7-8-14-18(17)19-16-11-5-2-6-12-16/h1-36H;1-22H;1-12H;1-14,19H/i31D,32D,35D,36D;15D,16D,19D,20D;5D,6D,9D,10D;. The van der Waals surface area contributed by atoms with Gasteiger partial charge in [-0.3, -0.25) is 0 Å². The highest BCUT2D eigenvalue weighted by molar-refractivity contribution is 9.11. The van der Waals surface area contributed by atoms with Crippen molar-refractivity contribution < 1.29 is 16.4 Å². The summed E-state index contributed by atoms with van der Waals surface area (Å²) in [4.78, 5) is 6.28. The molecule has 121 heavy (non-hydrogen) atoms. The maximum absolute atomic E-state index is 9.35. The minimum Gasteiger partial charge on any atom is -0.355 e. The average molecular weight is 1760 g/mol. The monoisotopic (exact) mass is 1760 g/mol. The minimum absolute atomic E-state index is 0.0423. The maximum Gasteiger partial charge on any atom is 0.0645 e. The Kier molecular flexibility index (Phi) is 22.3. The van der Waals surface area contributed by atoms with E-state index in [2.05, 4.69) is 221 Å². The van der Waals surface area contributed by atoms with Crippen molar-refractivity contribution in [2.75, 3.05) is 20.0 Å². The molecule has 0 aliphatic rings. The molecule has 19 aromatic rings. The molecule has 0 spiro atoms. The van der Waals surface area contributed by atoms with E-state index in [0.29, 0.717) is 27.8 Å². The zero-order valence-corrected chi connectivity index (χ0v) is 70.3. The van der Waals surface area contributed by atoms with E-state index < -0.39 is 0 Å². The Bertz CT molecular complexity index is 7040. The molecule has 0 atom stereocenters. The molecule has 0 radical (unpaired) electrons. The summed E-state index contributed by atoms with van der Waals surface area (Å²) in [5.74, 6) is 0. The number of anilines is 11. The Labute approximate surface area is 753 Å². The van der Waals surface area contributed by atoms with Crippen LogP contribution in [0.1, 0.15) is 16.4 Å². The molecule has 4 nitrogen and oxygen atoms in total. The summed E-state index contributed by atoms with van der Waals surface area (Å²) in [5, 5.41) is 3.47. The molecular weight excluding hydrogens is 1660 g/mol. The molecular formula is C114H85Br3N4. The van der Waals surface area contributed by atoms with Gasteiger partial charge in [0, 0.05) is 81.4 Å². The molecule has 7 heteroatoms. The fourth-order valence-electron chi connectivity index (χ4n) is 14.0. The summed E-state index contributed by atoms with van der Waals surface area (Å²) in [6.07, 6.45) is 0. The first-order valence-electron chi connectivity index (χ1n) is 45.4. The van der Waals surface area contributed by atoms with Gasteiger partial charge in [-0.05, 0) is 235 Å². The minimum atomic E-state index is -0.112. The van der Waals surface area contributed by atoms with Crippen LogP contribution in [-0.4, -0.2) is 0 Å². The molecule has 0 aliphatic heterocycles. The Hall–Kier alpha value is -14.2. The molecule has 0 saturated carbocycles. The summed E-state index contributed by atoms with van der Waals surface area (Å²) in [7, 11) is 0. The number of nitrogens with one attached hydrogen (secondary N) is 1. The topological polar surface area (TPSA) is 21.8 Å². The van der Waals surface area contributed by atoms with Crippen molar-refractivity contribution in [2.24, 2.45) is 0 Å². The molecule has 1 N–H and O–H groups in total. The molecule has 0 amide bonds. The number of hydrogen-bond donors (Lipinski definition) is 1. The summed E-state index contributed by atoms with van der Waals surface area (Å²) >= 11 is 9.69. The van der Waals surface area contributed by atoms with Crippen LogP contribution in [0.2, 0.25) is 0 Å². The van der Waals surface area contributed by atoms with E-state index in [-0.39, 0.29) is 92.7 Å². The van der Waals surface area contributed by atoms with Crippen LogP contribution in [0, 0.1) is 0 Å². The number of para-hydroxylation sites is 8. The quantitative estimate of drug-likeness (QED) is 0.0871. The van der Waals surface area contributed by atoms with Gasteiger partial charge in [0.15, 0.2) is 0 Å². The third kappa shape index (κ3) is 20.9. The van der Waals surface area contributed by atoms with E-state index in [9.17, 15) is 5.48 Å². The number of halogens is 3. The Balaban J connectivity index is 0.000000140. The van der Waals surface area contributed by atoms with Gasteiger partial charge in [-0.2, -0.15) is 0 Å². The second-order valence-electron chi connectivity index (χ2n) is 27.9. The molecule has 0 bridgehead atoms. The van der Waals surface area contributed by atoms with Gasteiger partial charge in [-0.15, -0.1) is 0 Å². The lowest BCUT2D eigenvalue weighted by atomic mass is 9.99. The normalized spacial score (nSPS) is 12.0. The van der Waals surface area contributed by atoms with Crippen molar-refractivity contribution in [3.05, 3.63) is 523 Å². The highest BCUT2D eigenvalue weighted by Gasteiger charge is 2.19.